The van der Waals surface area contributed by atoms with Gasteiger partial charge in [0.15, 0.2) is 5.65 Å². The lowest BCUT2D eigenvalue weighted by Crippen LogP contribution is -2.49. The summed E-state index contributed by atoms with van der Waals surface area (Å²) in [6.45, 7) is 9.84. The summed E-state index contributed by atoms with van der Waals surface area (Å²) in [6, 6.07) is 23.9. The molecule has 1 fully saturated rings. The number of rotatable bonds is 8. The molecule has 0 N–H and O–H groups in total. The van der Waals surface area contributed by atoms with E-state index in [2.05, 4.69) is 71.9 Å². The molecule has 1 saturated heterocycles. The molecule has 9 heteroatoms. The van der Waals surface area contributed by atoms with Gasteiger partial charge in [-0.25, -0.2) is 9.37 Å². The molecular weight excluding hydrogens is 559 g/mol. The van der Waals surface area contributed by atoms with Crippen molar-refractivity contribution >= 4 is 45.4 Å². The van der Waals surface area contributed by atoms with E-state index in [0.29, 0.717) is 50.0 Å². The first-order valence-corrected chi connectivity index (χ1v) is 15.9. The van der Waals surface area contributed by atoms with Crippen molar-refractivity contribution in [1.82, 2.24) is 24.6 Å². The van der Waals surface area contributed by atoms with Crippen LogP contribution in [0.3, 0.4) is 0 Å². The van der Waals surface area contributed by atoms with Crippen LogP contribution in [0.15, 0.2) is 78.0 Å². The number of aromatic nitrogens is 4. The number of halogens is 1. The molecule has 3 aromatic carbocycles. The SMILES string of the molecule is CC(C)(C)c1ccc(Cn2c3ccccc3c3nnc(SCCCC(=O)N4CCN(c5ccccc5F)CC4)nc32)cc1. The van der Waals surface area contributed by atoms with Crippen molar-refractivity contribution in [1.29, 1.82) is 0 Å². The lowest BCUT2D eigenvalue weighted by atomic mass is 9.87. The zero-order valence-corrected chi connectivity index (χ0v) is 25.8. The molecule has 0 saturated carbocycles. The second-order valence-corrected chi connectivity index (χ2v) is 13.2. The van der Waals surface area contributed by atoms with Crippen molar-refractivity contribution in [3.63, 3.8) is 0 Å². The monoisotopic (exact) mass is 596 g/mol. The summed E-state index contributed by atoms with van der Waals surface area (Å²) in [4.78, 5) is 21.7. The van der Waals surface area contributed by atoms with E-state index >= 15 is 0 Å². The number of thioether (sulfide) groups is 1. The molecule has 222 valence electrons. The van der Waals surface area contributed by atoms with Crippen molar-refractivity contribution in [2.75, 3.05) is 36.8 Å². The molecule has 0 unspecified atom stereocenters. The summed E-state index contributed by atoms with van der Waals surface area (Å²) in [6.07, 6.45) is 1.19. The zero-order chi connectivity index (χ0) is 30.0. The minimum atomic E-state index is -0.218. The fraction of sp³-hybridized carbons (Fsp3) is 0.353. The molecule has 5 aromatic rings. The second-order valence-electron chi connectivity index (χ2n) is 12.1. The minimum Gasteiger partial charge on any atom is -0.366 e. The van der Waals surface area contributed by atoms with Crippen LogP contribution in [0.25, 0.3) is 22.1 Å². The van der Waals surface area contributed by atoms with Gasteiger partial charge in [0, 0.05) is 50.3 Å². The molecule has 0 aliphatic carbocycles. The van der Waals surface area contributed by atoms with Gasteiger partial charge in [-0.15, -0.1) is 10.2 Å². The highest BCUT2D eigenvalue weighted by atomic mass is 32.2. The van der Waals surface area contributed by atoms with Gasteiger partial charge < -0.3 is 14.4 Å². The lowest BCUT2D eigenvalue weighted by molar-refractivity contribution is -0.131. The van der Waals surface area contributed by atoms with Crippen LogP contribution >= 0.6 is 11.8 Å². The smallest absolute Gasteiger partial charge is 0.222 e. The number of piperazine rings is 1. The van der Waals surface area contributed by atoms with Gasteiger partial charge >= 0.3 is 0 Å². The van der Waals surface area contributed by atoms with Gasteiger partial charge in [0.2, 0.25) is 11.1 Å². The van der Waals surface area contributed by atoms with Crippen LogP contribution in [0.2, 0.25) is 0 Å². The molecule has 0 atom stereocenters. The number of para-hydroxylation sites is 2. The molecule has 6 rings (SSSR count). The van der Waals surface area contributed by atoms with Gasteiger partial charge in [-0.1, -0.05) is 87.1 Å². The van der Waals surface area contributed by atoms with Crippen LogP contribution < -0.4 is 4.90 Å². The molecule has 1 aliphatic heterocycles. The fourth-order valence-electron chi connectivity index (χ4n) is 5.65. The number of amides is 1. The number of fused-ring (bicyclic) bond motifs is 3. The van der Waals surface area contributed by atoms with Crippen molar-refractivity contribution in [2.24, 2.45) is 0 Å². The quantitative estimate of drug-likeness (QED) is 0.147. The van der Waals surface area contributed by atoms with Crippen LogP contribution in [0, 0.1) is 5.82 Å². The largest absolute Gasteiger partial charge is 0.366 e. The predicted octanol–water partition coefficient (Wildman–Crippen LogP) is 6.69. The average molecular weight is 597 g/mol. The van der Waals surface area contributed by atoms with Gasteiger partial charge in [-0.2, -0.15) is 0 Å². The zero-order valence-electron chi connectivity index (χ0n) is 25.0. The number of carbonyl (C=O) groups is 1. The van der Waals surface area contributed by atoms with Gasteiger partial charge in [0.1, 0.15) is 11.3 Å². The average Bonchev–Trinajstić information content (AvgIpc) is 3.32. The van der Waals surface area contributed by atoms with E-state index in [9.17, 15) is 9.18 Å². The molecule has 3 heterocycles. The minimum absolute atomic E-state index is 0.108. The highest BCUT2D eigenvalue weighted by Crippen LogP contribution is 2.29. The summed E-state index contributed by atoms with van der Waals surface area (Å²) in [7, 11) is 0. The van der Waals surface area contributed by atoms with Crippen LogP contribution in [-0.2, 0) is 16.8 Å². The summed E-state index contributed by atoms with van der Waals surface area (Å²) in [5.74, 6) is 0.646. The molecule has 0 spiro atoms. The molecule has 1 aliphatic rings. The normalized spacial score (nSPS) is 14.1. The van der Waals surface area contributed by atoms with Crippen molar-refractivity contribution in [3.8, 4) is 0 Å². The Morgan fingerprint density at radius 3 is 2.37 bits per heavy atom. The Labute approximate surface area is 256 Å². The summed E-state index contributed by atoms with van der Waals surface area (Å²) in [5, 5.41) is 10.7. The van der Waals surface area contributed by atoms with E-state index in [1.807, 2.05) is 28.0 Å². The molecule has 1 amide bonds. The number of nitrogens with zero attached hydrogens (tertiary/aromatic N) is 6. The molecule has 7 nitrogen and oxygen atoms in total. The lowest BCUT2D eigenvalue weighted by Gasteiger charge is -2.36. The summed E-state index contributed by atoms with van der Waals surface area (Å²) < 4.78 is 16.4. The van der Waals surface area contributed by atoms with Gasteiger partial charge in [-0.3, -0.25) is 4.79 Å². The Morgan fingerprint density at radius 2 is 1.63 bits per heavy atom. The first-order chi connectivity index (χ1) is 20.8. The maximum atomic E-state index is 14.1. The van der Waals surface area contributed by atoms with E-state index in [0.717, 1.165) is 34.2 Å². The Balaban J connectivity index is 1.08. The van der Waals surface area contributed by atoms with Gasteiger partial charge in [0.05, 0.1) is 11.2 Å². The van der Waals surface area contributed by atoms with Crippen LogP contribution in [0.5, 0.6) is 0 Å². The Hall–Kier alpha value is -3.98. The number of anilines is 1. The fourth-order valence-corrected chi connectivity index (χ4v) is 6.37. The Morgan fingerprint density at radius 1 is 0.907 bits per heavy atom. The Kier molecular flexibility index (Phi) is 8.34. The maximum absolute atomic E-state index is 14.1. The maximum Gasteiger partial charge on any atom is 0.222 e. The molecule has 2 aromatic heterocycles. The summed E-state index contributed by atoms with van der Waals surface area (Å²) in [5.41, 5.74) is 5.94. The summed E-state index contributed by atoms with van der Waals surface area (Å²) >= 11 is 1.53. The van der Waals surface area contributed by atoms with Crippen molar-refractivity contribution < 1.29 is 9.18 Å². The first kappa shape index (κ1) is 29.1. The van der Waals surface area contributed by atoms with E-state index in [1.165, 1.54) is 29.0 Å². The molecule has 0 bridgehead atoms. The number of hydrogen-bond acceptors (Lipinski definition) is 6. The van der Waals surface area contributed by atoms with Crippen LogP contribution in [0.1, 0.15) is 44.7 Å². The predicted molar refractivity (Wildman–Crippen MR) is 172 cm³/mol. The Bertz CT molecular complexity index is 1740. The third-order valence-electron chi connectivity index (χ3n) is 8.11. The first-order valence-electron chi connectivity index (χ1n) is 14.9. The topological polar surface area (TPSA) is 67.2 Å². The van der Waals surface area contributed by atoms with E-state index < -0.39 is 0 Å². The van der Waals surface area contributed by atoms with Crippen LogP contribution in [0.4, 0.5) is 10.1 Å². The van der Waals surface area contributed by atoms with Crippen LogP contribution in [-0.4, -0.2) is 62.5 Å². The van der Waals surface area contributed by atoms with Crippen molar-refractivity contribution in [2.45, 2.75) is 50.7 Å². The highest BCUT2D eigenvalue weighted by Gasteiger charge is 2.22. The molecule has 0 radical (unpaired) electrons. The second kappa shape index (κ2) is 12.3. The van der Waals surface area contributed by atoms with Crippen molar-refractivity contribution in [3.05, 3.63) is 89.7 Å². The highest BCUT2D eigenvalue weighted by molar-refractivity contribution is 7.99. The standard InChI is InChI=1S/C34H37FN6OS/c1-34(2,3)25-16-14-24(15-17-25)23-41-28-11-6-4-9-26(28)31-32(41)36-33(38-37-31)43-22-8-13-30(42)40-20-18-39(19-21-40)29-12-7-5-10-27(29)35/h4-7,9-12,14-17H,8,13,18-23H2,1-3H3. The van der Waals surface area contributed by atoms with Gasteiger partial charge in [0.25, 0.3) is 0 Å². The third-order valence-corrected chi connectivity index (χ3v) is 9.03. The third kappa shape index (κ3) is 6.37. The van der Waals surface area contributed by atoms with E-state index in [-0.39, 0.29) is 17.1 Å². The van der Waals surface area contributed by atoms with E-state index in [1.54, 1.807) is 12.1 Å². The number of hydrogen-bond donors (Lipinski definition) is 0. The van der Waals surface area contributed by atoms with Gasteiger partial charge in [-0.05, 0) is 41.2 Å². The van der Waals surface area contributed by atoms with E-state index in [4.69, 9.17) is 4.98 Å². The molecule has 43 heavy (non-hydrogen) atoms. The number of carbonyl (C=O) groups excluding carboxylic acids is 1. The number of benzene rings is 3. The molecular formula is C34H37FN6OS.